The largest absolute Gasteiger partial charge is 0.0654 e. The molecule has 0 unspecified atom stereocenters. The van der Waals surface area contributed by atoms with Crippen LogP contribution in [0.2, 0.25) is 0 Å². The average molecular weight is 289 g/mol. The summed E-state index contributed by atoms with van der Waals surface area (Å²) in [7, 11) is 0. The molecule has 0 N–H and O–H groups in total. The number of hydrogen-bond acceptors (Lipinski definition) is 0. The third kappa shape index (κ3) is 8.96. The average Bonchev–Trinajstić information content (AvgIpc) is 2.52. The van der Waals surface area contributed by atoms with E-state index in [-0.39, 0.29) is 0 Å². The van der Waals surface area contributed by atoms with Gasteiger partial charge in [-0.05, 0) is 36.8 Å². The van der Waals surface area contributed by atoms with Gasteiger partial charge in [0.25, 0.3) is 0 Å². The lowest BCUT2D eigenvalue weighted by atomic mass is 9.96. The van der Waals surface area contributed by atoms with Crippen LogP contribution in [0.15, 0.2) is 24.3 Å². The van der Waals surface area contributed by atoms with E-state index in [2.05, 4.69) is 38.1 Å². The molecule has 0 fully saturated rings. The number of aryl methyl sites for hydroxylation is 2. The van der Waals surface area contributed by atoms with Gasteiger partial charge in [0.15, 0.2) is 0 Å². The molecule has 0 aromatic heterocycles. The standard InChI is InChI=1S/C21H36/c1-3-5-7-9-11-13-17-21-19-15-14-18-20(21)16-12-10-8-6-4-2/h14-15,18-19H,3-13,16-17H2,1-2H3. The molecule has 0 spiro atoms. The molecule has 0 saturated heterocycles. The second-order valence-electron chi connectivity index (χ2n) is 6.45. The van der Waals surface area contributed by atoms with Crippen LogP contribution in [0, 0.1) is 0 Å². The molecule has 1 aromatic rings. The lowest BCUT2D eigenvalue weighted by Gasteiger charge is -2.09. The van der Waals surface area contributed by atoms with E-state index < -0.39 is 0 Å². The Kier molecular flexibility index (Phi) is 11.2. The Morgan fingerprint density at radius 2 is 0.905 bits per heavy atom. The van der Waals surface area contributed by atoms with E-state index in [0.29, 0.717) is 0 Å². The summed E-state index contributed by atoms with van der Waals surface area (Å²) >= 11 is 0. The van der Waals surface area contributed by atoms with Crippen LogP contribution in [0.1, 0.15) is 95.6 Å². The highest BCUT2D eigenvalue weighted by atomic mass is 14.1. The minimum absolute atomic E-state index is 1.29. The SMILES string of the molecule is CCCCCCCCc1ccccc1CCCCCCC. The van der Waals surface area contributed by atoms with E-state index in [1.807, 2.05) is 0 Å². The first-order chi connectivity index (χ1) is 10.4. The molecule has 120 valence electrons. The second-order valence-corrected chi connectivity index (χ2v) is 6.45. The molecule has 0 aliphatic heterocycles. The Labute approximate surface area is 133 Å². The monoisotopic (exact) mass is 288 g/mol. The summed E-state index contributed by atoms with van der Waals surface area (Å²) in [5.74, 6) is 0. The van der Waals surface area contributed by atoms with E-state index in [4.69, 9.17) is 0 Å². The molecule has 21 heavy (non-hydrogen) atoms. The summed E-state index contributed by atoms with van der Waals surface area (Å²) in [6.07, 6.45) is 17.9. The van der Waals surface area contributed by atoms with Crippen molar-refractivity contribution in [1.29, 1.82) is 0 Å². The van der Waals surface area contributed by atoms with Crippen LogP contribution >= 0.6 is 0 Å². The molecule has 0 bridgehead atoms. The van der Waals surface area contributed by atoms with E-state index in [9.17, 15) is 0 Å². The summed E-state index contributed by atoms with van der Waals surface area (Å²) in [5.41, 5.74) is 3.23. The Morgan fingerprint density at radius 3 is 1.33 bits per heavy atom. The summed E-state index contributed by atoms with van der Waals surface area (Å²) in [6.45, 7) is 4.58. The number of benzene rings is 1. The smallest absolute Gasteiger partial charge is 0.0276 e. The first kappa shape index (κ1) is 18.3. The molecule has 0 saturated carbocycles. The fourth-order valence-corrected chi connectivity index (χ4v) is 3.06. The lowest BCUT2D eigenvalue weighted by molar-refractivity contribution is 0.604. The second kappa shape index (κ2) is 12.9. The maximum atomic E-state index is 2.35. The van der Waals surface area contributed by atoms with Crippen LogP contribution in [0.3, 0.4) is 0 Å². The summed E-state index contributed by atoms with van der Waals surface area (Å²) in [4.78, 5) is 0. The van der Waals surface area contributed by atoms with Gasteiger partial charge in [-0.1, -0.05) is 95.9 Å². The topological polar surface area (TPSA) is 0 Å². The number of rotatable bonds is 13. The highest BCUT2D eigenvalue weighted by Crippen LogP contribution is 2.17. The van der Waals surface area contributed by atoms with Crippen LogP contribution in [0.4, 0.5) is 0 Å². The molecular weight excluding hydrogens is 252 g/mol. The number of unbranched alkanes of at least 4 members (excludes halogenated alkanes) is 9. The zero-order valence-corrected chi connectivity index (χ0v) is 14.5. The fraction of sp³-hybridized carbons (Fsp3) is 0.714. The van der Waals surface area contributed by atoms with Gasteiger partial charge in [-0.25, -0.2) is 0 Å². The van der Waals surface area contributed by atoms with Crippen LogP contribution in [0.5, 0.6) is 0 Å². The van der Waals surface area contributed by atoms with Gasteiger partial charge >= 0.3 is 0 Å². The minimum atomic E-state index is 1.29. The third-order valence-electron chi connectivity index (χ3n) is 4.47. The van der Waals surface area contributed by atoms with Crippen molar-refractivity contribution >= 4 is 0 Å². The molecule has 0 nitrogen and oxygen atoms in total. The minimum Gasteiger partial charge on any atom is -0.0654 e. The lowest BCUT2D eigenvalue weighted by Crippen LogP contribution is -1.95. The zero-order valence-electron chi connectivity index (χ0n) is 14.5. The Bertz CT molecular complexity index is 340. The van der Waals surface area contributed by atoms with Crippen LogP contribution in [-0.4, -0.2) is 0 Å². The Morgan fingerprint density at radius 1 is 0.524 bits per heavy atom. The maximum absolute atomic E-state index is 2.35. The molecular formula is C21H36. The molecule has 0 aliphatic carbocycles. The van der Waals surface area contributed by atoms with E-state index >= 15 is 0 Å². The molecule has 0 radical (unpaired) electrons. The highest BCUT2D eigenvalue weighted by Gasteiger charge is 2.02. The predicted octanol–water partition coefficient (Wildman–Crippen LogP) is 7.10. The summed E-state index contributed by atoms with van der Waals surface area (Å²) in [6, 6.07) is 9.14. The maximum Gasteiger partial charge on any atom is -0.0276 e. The van der Waals surface area contributed by atoms with Crippen LogP contribution in [0.25, 0.3) is 0 Å². The molecule has 0 atom stereocenters. The molecule has 0 aliphatic rings. The van der Waals surface area contributed by atoms with Gasteiger partial charge in [0, 0.05) is 0 Å². The summed E-state index contributed by atoms with van der Waals surface area (Å²) in [5, 5.41) is 0. The first-order valence-electron chi connectivity index (χ1n) is 9.45. The number of hydrogen-bond donors (Lipinski definition) is 0. The van der Waals surface area contributed by atoms with Crippen LogP contribution in [-0.2, 0) is 12.8 Å². The van der Waals surface area contributed by atoms with Crippen molar-refractivity contribution in [1.82, 2.24) is 0 Å². The normalized spacial score (nSPS) is 11.0. The first-order valence-corrected chi connectivity index (χ1v) is 9.45. The van der Waals surface area contributed by atoms with Gasteiger partial charge in [0.05, 0.1) is 0 Å². The third-order valence-corrected chi connectivity index (χ3v) is 4.47. The molecule has 1 rings (SSSR count). The van der Waals surface area contributed by atoms with E-state index in [1.54, 1.807) is 11.1 Å². The van der Waals surface area contributed by atoms with Crippen molar-refractivity contribution in [3.63, 3.8) is 0 Å². The van der Waals surface area contributed by atoms with Gasteiger partial charge in [-0.2, -0.15) is 0 Å². The van der Waals surface area contributed by atoms with Gasteiger partial charge in [0.1, 0.15) is 0 Å². The van der Waals surface area contributed by atoms with Gasteiger partial charge in [-0.3, -0.25) is 0 Å². The Hall–Kier alpha value is -0.780. The van der Waals surface area contributed by atoms with Crippen molar-refractivity contribution in [2.24, 2.45) is 0 Å². The van der Waals surface area contributed by atoms with Gasteiger partial charge < -0.3 is 0 Å². The van der Waals surface area contributed by atoms with Gasteiger partial charge in [-0.15, -0.1) is 0 Å². The molecule has 0 amide bonds. The quantitative estimate of drug-likeness (QED) is 0.339. The van der Waals surface area contributed by atoms with Crippen molar-refractivity contribution in [2.45, 2.75) is 97.3 Å². The molecule has 0 heteroatoms. The Balaban J connectivity index is 2.23. The van der Waals surface area contributed by atoms with Crippen molar-refractivity contribution in [2.75, 3.05) is 0 Å². The van der Waals surface area contributed by atoms with E-state index in [1.165, 1.54) is 83.5 Å². The van der Waals surface area contributed by atoms with Crippen LogP contribution < -0.4 is 0 Å². The van der Waals surface area contributed by atoms with Gasteiger partial charge in [0.2, 0.25) is 0 Å². The highest BCUT2D eigenvalue weighted by molar-refractivity contribution is 5.27. The predicted molar refractivity (Wildman–Crippen MR) is 96.0 cm³/mol. The fourth-order valence-electron chi connectivity index (χ4n) is 3.06. The van der Waals surface area contributed by atoms with Crippen molar-refractivity contribution in [3.8, 4) is 0 Å². The summed E-state index contributed by atoms with van der Waals surface area (Å²) < 4.78 is 0. The molecule has 1 aromatic carbocycles. The zero-order chi connectivity index (χ0) is 15.2. The van der Waals surface area contributed by atoms with E-state index in [0.717, 1.165) is 0 Å². The molecule has 0 heterocycles. The van der Waals surface area contributed by atoms with Crippen molar-refractivity contribution in [3.05, 3.63) is 35.4 Å². The van der Waals surface area contributed by atoms with Crippen molar-refractivity contribution < 1.29 is 0 Å².